The van der Waals surface area contributed by atoms with Crippen LogP contribution < -0.4 is 4.57 Å². The summed E-state index contributed by atoms with van der Waals surface area (Å²) in [4.78, 5) is 0. The van der Waals surface area contributed by atoms with E-state index >= 15 is 0 Å². The first-order chi connectivity index (χ1) is 16.3. The van der Waals surface area contributed by atoms with Crippen LogP contribution in [0.15, 0.2) is 12.4 Å². The van der Waals surface area contributed by atoms with Crippen LogP contribution in [0.5, 0.6) is 0 Å². The van der Waals surface area contributed by atoms with E-state index in [0.717, 1.165) is 0 Å². The summed E-state index contributed by atoms with van der Waals surface area (Å²) in [6, 6.07) is 0. The summed E-state index contributed by atoms with van der Waals surface area (Å²) in [5, 5.41) is 0. The van der Waals surface area contributed by atoms with Gasteiger partial charge >= 0.3 is 0 Å². The largest absolute Gasteiger partial charge is 0.256 e. The molecule has 0 aliphatic carbocycles. The van der Waals surface area contributed by atoms with Crippen molar-refractivity contribution in [3.63, 3.8) is 0 Å². The molecule has 0 radical (unpaired) electrons. The van der Waals surface area contributed by atoms with Crippen molar-refractivity contribution in [3.8, 4) is 0 Å². The fourth-order valence-corrected chi connectivity index (χ4v) is 5.09. The molecule has 1 aromatic heterocycles. The quantitative estimate of drug-likeness (QED) is 0.101. The van der Waals surface area contributed by atoms with Gasteiger partial charge < -0.3 is 0 Å². The predicted molar refractivity (Wildman–Crippen MR) is 147 cm³/mol. The highest BCUT2D eigenvalue weighted by Crippen LogP contribution is 2.13. The second-order valence-electron chi connectivity index (χ2n) is 10.6. The zero-order chi connectivity index (χ0) is 23.8. The SMILES string of the molecule is CCCCCCCCCCCC[n+]1ccn(CCCCCCCCCC)c1CCCCCC. The Kier molecular flexibility index (Phi) is 21.1. The van der Waals surface area contributed by atoms with Gasteiger partial charge in [0, 0.05) is 6.42 Å². The summed E-state index contributed by atoms with van der Waals surface area (Å²) in [5.41, 5.74) is 0. The molecule has 0 aliphatic rings. The molecule has 1 heterocycles. The lowest BCUT2D eigenvalue weighted by molar-refractivity contribution is -0.704. The molecule has 2 nitrogen and oxygen atoms in total. The van der Waals surface area contributed by atoms with Crippen molar-refractivity contribution in [1.29, 1.82) is 0 Å². The normalized spacial score (nSPS) is 11.5. The first kappa shape index (κ1) is 30.2. The Labute approximate surface area is 208 Å². The van der Waals surface area contributed by atoms with E-state index < -0.39 is 0 Å². The van der Waals surface area contributed by atoms with Crippen LogP contribution >= 0.6 is 0 Å². The van der Waals surface area contributed by atoms with Gasteiger partial charge in [-0.1, -0.05) is 130 Å². The smallest absolute Gasteiger partial charge is 0.234 e. The van der Waals surface area contributed by atoms with Gasteiger partial charge in [0.2, 0.25) is 0 Å². The fourth-order valence-electron chi connectivity index (χ4n) is 5.09. The number of imidazole rings is 1. The molecule has 0 bridgehead atoms. The second kappa shape index (κ2) is 23.0. The summed E-state index contributed by atoms with van der Waals surface area (Å²) in [5.74, 6) is 1.60. The van der Waals surface area contributed by atoms with E-state index in [4.69, 9.17) is 0 Å². The monoisotopic (exact) mass is 461 g/mol. The van der Waals surface area contributed by atoms with Gasteiger partial charge in [0.1, 0.15) is 12.4 Å². The van der Waals surface area contributed by atoms with E-state index in [-0.39, 0.29) is 0 Å². The van der Waals surface area contributed by atoms with Crippen LogP contribution in [-0.4, -0.2) is 4.57 Å². The van der Waals surface area contributed by atoms with E-state index in [1.54, 1.807) is 5.82 Å². The minimum Gasteiger partial charge on any atom is -0.234 e. The van der Waals surface area contributed by atoms with Crippen LogP contribution in [0.2, 0.25) is 0 Å². The van der Waals surface area contributed by atoms with Gasteiger partial charge in [0.25, 0.3) is 5.82 Å². The Morgan fingerprint density at radius 3 is 1.45 bits per heavy atom. The Balaban J connectivity index is 2.30. The molecule has 0 atom stereocenters. The highest BCUT2D eigenvalue weighted by atomic mass is 15.1. The maximum absolute atomic E-state index is 2.60. The Morgan fingerprint density at radius 2 is 0.939 bits per heavy atom. The first-order valence-corrected chi connectivity index (χ1v) is 15.4. The fraction of sp³-hybridized carbons (Fsp3) is 0.903. The van der Waals surface area contributed by atoms with Crippen LogP contribution in [0, 0.1) is 0 Å². The molecular weight excluding hydrogens is 400 g/mol. The maximum Gasteiger partial charge on any atom is 0.256 e. The van der Waals surface area contributed by atoms with Gasteiger partial charge in [0.15, 0.2) is 0 Å². The Morgan fingerprint density at radius 1 is 0.515 bits per heavy atom. The molecule has 0 N–H and O–H groups in total. The third kappa shape index (κ3) is 16.5. The van der Waals surface area contributed by atoms with Crippen molar-refractivity contribution < 1.29 is 4.57 Å². The average Bonchev–Trinajstić information content (AvgIpc) is 3.21. The molecule has 0 amide bonds. The van der Waals surface area contributed by atoms with Crippen molar-refractivity contribution in [2.45, 2.75) is 182 Å². The molecule has 0 spiro atoms. The summed E-state index contributed by atoms with van der Waals surface area (Å²) < 4.78 is 5.20. The standard InChI is InChI=1S/C31H61N2/c1-4-7-10-13-15-17-18-20-22-25-28-33-30-29-32(31(33)26-23-12-9-6-3)27-24-21-19-16-14-11-8-5-2/h29-30H,4-28H2,1-3H3/q+1. The molecule has 2 heteroatoms. The van der Waals surface area contributed by atoms with Crippen molar-refractivity contribution in [1.82, 2.24) is 4.57 Å². The van der Waals surface area contributed by atoms with E-state index in [9.17, 15) is 0 Å². The minimum absolute atomic E-state index is 1.23. The van der Waals surface area contributed by atoms with E-state index in [1.165, 1.54) is 161 Å². The topological polar surface area (TPSA) is 8.81 Å². The number of aryl methyl sites for hydroxylation is 2. The van der Waals surface area contributed by atoms with Crippen molar-refractivity contribution in [2.24, 2.45) is 0 Å². The Hall–Kier alpha value is -0.790. The lowest BCUT2D eigenvalue weighted by atomic mass is 10.1. The second-order valence-corrected chi connectivity index (χ2v) is 10.6. The average molecular weight is 462 g/mol. The number of unbranched alkanes of at least 4 members (excludes halogenated alkanes) is 19. The van der Waals surface area contributed by atoms with E-state index in [1.807, 2.05) is 0 Å². The van der Waals surface area contributed by atoms with Crippen molar-refractivity contribution >= 4 is 0 Å². The molecule has 0 saturated heterocycles. The van der Waals surface area contributed by atoms with Gasteiger partial charge in [-0.2, -0.15) is 0 Å². The van der Waals surface area contributed by atoms with Crippen LogP contribution in [0.1, 0.15) is 168 Å². The van der Waals surface area contributed by atoms with Crippen LogP contribution in [0.4, 0.5) is 0 Å². The van der Waals surface area contributed by atoms with Gasteiger partial charge in [-0.05, 0) is 32.1 Å². The zero-order valence-electron chi connectivity index (χ0n) is 23.2. The molecule has 1 rings (SSSR count). The molecule has 0 aliphatic heterocycles. The molecule has 0 aromatic carbocycles. The van der Waals surface area contributed by atoms with E-state index in [0.29, 0.717) is 0 Å². The summed E-state index contributed by atoms with van der Waals surface area (Å²) in [6.45, 7) is 9.38. The number of hydrogen-bond donors (Lipinski definition) is 0. The highest BCUT2D eigenvalue weighted by Gasteiger charge is 2.16. The number of hydrogen-bond acceptors (Lipinski definition) is 0. The molecule has 33 heavy (non-hydrogen) atoms. The van der Waals surface area contributed by atoms with Crippen molar-refractivity contribution in [2.75, 3.05) is 0 Å². The third-order valence-corrected chi connectivity index (χ3v) is 7.35. The Bertz CT molecular complexity index is 519. The molecule has 0 fully saturated rings. The van der Waals surface area contributed by atoms with Crippen LogP contribution in [0.3, 0.4) is 0 Å². The summed E-state index contributed by atoms with van der Waals surface area (Å²) >= 11 is 0. The van der Waals surface area contributed by atoms with Crippen LogP contribution in [0.25, 0.3) is 0 Å². The third-order valence-electron chi connectivity index (χ3n) is 7.35. The highest BCUT2D eigenvalue weighted by molar-refractivity contribution is 4.84. The molecule has 194 valence electrons. The van der Waals surface area contributed by atoms with Gasteiger partial charge in [-0.25, -0.2) is 9.13 Å². The lowest BCUT2D eigenvalue weighted by Gasteiger charge is -2.07. The lowest BCUT2D eigenvalue weighted by Crippen LogP contribution is -2.37. The predicted octanol–water partition coefficient (Wildman–Crippen LogP) is 9.96. The molecule has 0 saturated carbocycles. The summed E-state index contributed by atoms with van der Waals surface area (Å²) in [6.07, 6.45) is 37.0. The number of rotatable bonds is 25. The number of aromatic nitrogens is 2. The minimum atomic E-state index is 1.23. The molecular formula is C31H61N2+. The van der Waals surface area contributed by atoms with Gasteiger partial charge in [-0.3, -0.25) is 0 Å². The van der Waals surface area contributed by atoms with Crippen molar-refractivity contribution in [3.05, 3.63) is 18.2 Å². The maximum atomic E-state index is 2.60. The molecule has 0 unspecified atom stereocenters. The molecule has 1 aromatic rings. The van der Waals surface area contributed by atoms with E-state index in [2.05, 4.69) is 42.3 Å². The first-order valence-electron chi connectivity index (χ1n) is 15.4. The summed E-state index contributed by atoms with van der Waals surface area (Å²) in [7, 11) is 0. The zero-order valence-corrected chi connectivity index (χ0v) is 23.2. The van der Waals surface area contributed by atoms with Gasteiger partial charge in [-0.15, -0.1) is 0 Å². The van der Waals surface area contributed by atoms with Gasteiger partial charge in [0.05, 0.1) is 13.1 Å². The number of nitrogens with zero attached hydrogens (tertiary/aromatic N) is 2. The van der Waals surface area contributed by atoms with Crippen LogP contribution in [-0.2, 0) is 19.5 Å².